The number of carbonyl (C=O) groups excluding carboxylic acids is 1. The lowest BCUT2D eigenvalue weighted by atomic mass is 9.89. The molecule has 0 radical (unpaired) electrons. The second-order valence-electron chi connectivity index (χ2n) is 6.86. The molecule has 0 spiro atoms. The van der Waals surface area contributed by atoms with E-state index < -0.39 is 12.1 Å². The molecule has 0 saturated heterocycles. The molecule has 1 heterocycles. The molecule has 6 nitrogen and oxygen atoms in total. The molecule has 2 N–H and O–H groups in total. The molecule has 0 saturated carbocycles. The fraction of sp³-hybridized carbons (Fsp3) is 0.632. The zero-order valence-electron chi connectivity index (χ0n) is 16.0. The summed E-state index contributed by atoms with van der Waals surface area (Å²) >= 11 is 1.11. The lowest BCUT2D eigenvalue weighted by Crippen LogP contribution is -2.45. The van der Waals surface area contributed by atoms with Gasteiger partial charge >= 0.3 is 5.97 Å². The predicted octanol–water partition coefficient (Wildman–Crippen LogP) is 3.04. The number of hydrogen-bond donors (Lipinski definition) is 2. The molecular weight excluding hydrogens is 352 g/mol. The van der Waals surface area contributed by atoms with Gasteiger partial charge in [0.05, 0.1) is 0 Å². The average Bonchev–Trinajstić information content (AvgIpc) is 3.09. The van der Waals surface area contributed by atoms with E-state index in [4.69, 9.17) is 11.5 Å². The van der Waals surface area contributed by atoms with Crippen molar-refractivity contribution in [3.63, 3.8) is 0 Å². The summed E-state index contributed by atoms with van der Waals surface area (Å²) in [5, 5.41) is 21.2. The van der Waals surface area contributed by atoms with Crippen molar-refractivity contribution in [1.29, 1.82) is 0 Å². The van der Waals surface area contributed by atoms with Crippen LogP contribution in [0.2, 0.25) is 0 Å². The first-order chi connectivity index (χ1) is 12.1. The topological polar surface area (TPSA) is 90.7 Å². The Kier molecular flexibility index (Phi) is 8.25. The summed E-state index contributed by atoms with van der Waals surface area (Å²) in [6.45, 7) is 7.75. The van der Waals surface area contributed by atoms with Gasteiger partial charge in [0.1, 0.15) is 11.1 Å². The Morgan fingerprint density at radius 1 is 1.38 bits per heavy atom. The minimum Gasteiger partial charge on any atom is -0.476 e. The van der Waals surface area contributed by atoms with Crippen molar-refractivity contribution in [2.45, 2.75) is 52.7 Å². The Labute approximate surface area is 159 Å². The monoisotopic (exact) mass is 380 g/mol. The summed E-state index contributed by atoms with van der Waals surface area (Å²) < 4.78 is 0. The van der Waals surface area contributed by atoms with Gasteiger partial charge in [0, 0.05) is 36.7 Å². The largest absolute Gasteiger partial charge is 0.476 e. The highest BCUT2D eigenvalue weighted by Gasteiger charge is 2.31. The van der Waals surface area contributed by atoms with Gasteiger partial charge in [-0.2, -0.15) is 0 Å². The predicted molar refractivity (Wildman–Crippen MR) is 102 cm³/mol. The van der Waals surface area contributed by atoms with Crippen LogP contribution in [0.15, 0.2) is 5.38 Å². The number of carboxylic acids is 1. The Morgan fingerprint density at radius 3 is 2.42 bits per heavy atom. The van der Waals surface area contributed by atoms with Crippen molar-refractivity contribution >= 4 is 23.2 Å². The van der Waals surface area contributed by atoms with Gasteiger partial charge < -0.3 is 15.1 Å². The smallest absolute Gasteiger partial charge is 0.355 e. The van der Waals surface area contributed by atoms with E-state index in [1.807, 2.05) is 27.7 Å². The van der Waals surface area contributed by atoms with Crippen LogP contribution in [0.4, 0.5) is 0 Å². The van der Waals surface area contributed by atoms with Gasteiger partial charge in [0.25, 0.3) is 0 Å². The minimum atomic E-state index is -1.12. The van der Waals surface area contributed by atoms with E-state index >= 15 is 0 Å². The van der Waals surface area contributed by atoms with Crippen LogP contribution in [0.5, 0.6) is 0 Å². The normalized spacial score (nSPS) is 15.8. The fourth-order valence-electron chi connectivity index (χ4n) is 3.02. The number of thiazole rings is 1. The van der Waals surface area contributed by atoms with Crippen LogP contribution >= 0.6 is 11.3 Å². The molecule has 0 aromatic carbocycles. The van der Waals surface area contributed by atoms with Crippen LogP contribution < -0.4 is 0 Å². The van der Waals surface area contributed by atoms with Gasteiger partial charge in [0.15, 0.2) is 5.69 Å². The summed E-state index contributed by atoms with van der Waals surface area (Å²) in [6.07, 6.45) is 5.61. The molecule has 1 aromatic heterocycles. The first kappa shape index (κ1) is 22.1. The first-order valence-electron chi connectivity index (χ1n) is 8.73. The Morgan fingerprint density at radius 2 is 2.00 bits per heavy atom. The quantitative estimate of drug-likeness (QED) is 0.643. The number of carbonyl (C=O) groups is 2. The lowest BCUT2D eigenvalue weighted by molar-refractivity contribution is -0.138. The Balaban J connectivity index is 2.91. The maximum Gasteiger partial charge on any atom is 0.355 e. The molecule has 0 unspecified atom stereocenters. The molecule has 0 aliphatic carbocycles. The van der Waals surface area contributed by atoms with Crippen molar-refractivity contribution in [2.75, 3.05) is 7.05 Å². The van der Waals surface area contributed by atoms with Crippen molar-refractivity contribution in [3.8, 4) is 12.3 Å². The molecule has 4 atom stereocenters. The van der Waals surface area contributed by atoms with Gasteiger partial charge in [-0.1, -0.05) is 27.7 Å². The second kappa shape index (κ2) is 9.70. The highest BCUT2D eigenvalue weighted by molar-refractivity contribution is 7.09. The SMILES string of the molecule is C#C[C@@H](CC)[C@H](C)C(=O)N(C)[C@H](C[C@@H](O)c1nc(C(=O)O)cs1)C(C)C. The summed E-state index contributed by atoms with van der Waals surface area (Å²) in [4.78, 5) is 29.4. The molecule has 0 aliphatic heterocycles. The van der Waals surface area contributed by atoms with E-state index in [1.165, 1.54) is 5.38 Å². The number of hydrogen-bond acceptors (Lipinski definition) is 5. The molecule has 1 aromatic rings. The summed E-state index contributed by atoms with van der Waals surface area (Å²) in [7, 11) is 1.73. The highest BCUT2D eigenvalue weighted by Crippen LogP contribution is 2.28. The van der Waals surface area contributed by atoms with E-state index in [0.717, 1.165) is 17.8 Å². The molecule has 0 bridgehead atoms. The van der Waals surface area contributed by atoms with Crippen LogP contribution in [0, 0.1) is 30.1 Å². The van der Waals surface area contributed by atoms with E-state index in [1.54, 1.807) is 11.9 Å². The number of terminal acetylenes is 1. The number of aromatic carboxylic acids is 1. The summed E-state index contributed by atoms with van der Waals surface area (Å²) in [6, 6.07) is -0.215. The number of aromatic nitrogens is 1. The average molecular weight is 381 g/mol. The number of amides is 1. The number of aliphatic hydroxyl groups is 1. The van der Waals surface area contributed by atoms with E-state index in [-0.39, 0.29) is 41.8 Å². The standard InChI is InChI=1S/C19H28N2O4S/c1-7-13(8-2)12(5)18(23)21(6)15(11(3)4)9-16(22)17-20-14(10-26-17)19(24)25/h1,10-13,15-16,22H,8-9H2,2-6H3,(H,24,25)/t12-,13-,15+,16+/m0/s1. The zero-order valence-corrected chi connectivity index (χ0v) is 16.8. The maximum absolute atomic E-state index is 12.8. The molecule has 26 heavy (non-hydrogen) atoms. The van der Waals surface area contributed by atoms with Crippen molar-refractivity contribution in [2.24, 2.45) is 17.8 Å². The molecule has 0 aliphatic rings. The first-order valence-corrected chi connectivity index (χ1v) is 9.61. The van der Waals surface area contributed by atoms with E-state index in [0.29, 0.717) is 5.01 Å². The number of aliphatic hydroxyl groups excluding tert-OH is 1. The molecular formula is C19H28N2O4S. The van der Waals surface area contributed by atoms with Gasteiger partial charge in [0.2, 0.25) is 5.91 Å². The van der Waals surface area contributed by atoms with Crippen LogP contribution in [0.1, 0.15) is 62.1 Å². The van der Waals surface area contributed by atoms with E-state index in [2.05, 4.69) is 10.9 Å². The lowest BCUT2D eigenvalue weighted by Gasteiger charge is -2.35. The minimum absolute atomic E-state index is 0.0499. The van der Waals surface area contributed by atoms with Crippen LogP contribution in [-0.2, 0) is 4.79 Å². The zero-order chi connectivity index (χ0) is 20.0. The maximum atomic E-state index is 12.8. The molecule has 1 amide bonds. The van der Waals surface area contributed by atoms with Crippen molar-refractivity contribution in [1.82, 2.24) is 9.88 Å². The number of rotatable bonds is 9. The van der Waals surface area contributed by atoms with Gasteiger partial charge in [-0.25, -0.2) is 9.78 Å². The van der Waals surface area contributed by atoms with Crippen LogP contribution in [0.25, 0.3) is 0 Å². The van der Waals surface area contributed by atoms with E-state index in [9.17, 15) is 14.7 Å². The molecule has 0 fully saturated rings. The summed E-state index contributed by atoms with van der Waals surface area (Å²) in [5.41, 5.74) is -0.0805. The van der Waals surface area contributed by atoms with Gasteiger partial charge in [-0.05, 0) is 12.3 Å². The van der Waals surface area contributed by atoms with Gasteiger partial charge in [-0.3, -0.25) is 4.79 Å². The molecule has 7 heteroatoms. The third-order valence-corrected chi connectivity index (χ3v) is 5.70. The fourth-order valence-corrected chi connectivity index (χ4v) is 3.81. The summed E-state index contributed by atoms with van der Waals surface area (Å²) in [5.74, 6) is 1.18. The van der Waals surface area contributed by atoms with Crippen LogP contribution in [-0.4, -0.2) is 45.1 Å². The Bertz CT molecular complexity index is 665. The third-order valence-electron chi connectivity index (χ3n) is 4.75. The third kappa shape index (κ3) is 5.29. The molecule has 1 rings (SSSR count). The highest BCUT2D eigenvalue weighted by atomic mass is 32.1. The number of carboxylic acid groups (broad SMARTS) is 1. The van der Waals surface area contributed by atoms with Crippen molar-refractivity contribution < 1.29 is 19.8 Å². The second-order valence-corrected chi connectivity index (χ2v) is 7.75. The Hall–Kier alpha value is -1.91. The number of nitrogens with zero attached hydrogens (tertiary/aromatic N) is 2. The van der Waals surface area contributed by atoms with Crippen molar-refractivity contribution in [3.05, 3.63) is 16.1 Å². The van der Waals surface area contributed by atoms with Gasteiger partial charge in [-0.15, -0.1) is 23.7 Å². The molecule has 144 valence electrons. The van der Waals surface area contributed by atoms with Crippen LogP contribution in [0.3, 0.4) is 0 Å².